The van der Waals surface area contributed by atoms with Crippen molar-refractivity contribution < 1.29 is 14.3 Å². The summed E-state index contributed by atoms with van der Waals surface area (Å²) in [5.41, 5.74) is 0.250. The molecule has 1 rings (SSSR count). The van der Waals surface area contributed by atoms with Crippen molar-refractivity contribution in [1.29, 1.82) is 0 Å². The van der Waals surface area contributed by atoms with Gasteiger partial charge in [-0.2, -0.15) is 0 Å². The molecule has 0 radical (unpaired) electrons. The van der Waals surface area contributed by atoms with Gasteiger partial charge in [0.25, 0.3) is 0 Å². The Hall–Kier alpha value is -2.08. The number of hydrogen-bond donors (Lipinski definition) is 2. The summed E-state index contributed by atoms with van der Waals surface area (Å²) in [6.45, 7) is 8.03. The van der Waals surface area contributed by atoms with E-state index in [4.69, 9.17) is 4.74 Å². The maximum absolute atomic E-state index is 12.0. The number of nitrogens with one attached hydrogen (secondary N) is 2. The van der Waals surface area contributed by atoms with Crippen molar-refractivity contribution in [2.45, 2.75) is 39.3 Å². The Morgan fingerprint density at radius 2 is 1.83 bits per heavy atom. The number of nitrogens with zero attached hydrogens (tertiary/aromatic N) is 1. The highest BCUT2D eigenvalue weighted by Gasteiger charge is 2.18. The number of ether oxygens (including phenoxy) is 1. The molecule has 0 aliphatic heterocycles. The Balaban J connectivity index is 2.34. The van der Waals surface area contributed by atoms with E-state index in [0.29, 0.717) is 6.54 Å². The van der Waals surface area contributed by atoms with E-state index in [1.165, 1.54) is 0 Å². The average molecular weight is 321 g/mol. The van der Waals surface area contributed by atoms with Gasteiger partial charge in [-0.15, -0.1) is 0 Å². The third kappa shape index (κ3) is 8.21. The highest BCUT2D eigenvalue weighted by molar-refractivity contribution is 5.92. The minimum atomic E-state index is -0.519. The molecular formula is C17H27N3O3. The van der Waals surface area contributed by atoms with Crippen LogP contribution in [-0.4, -0.2) is 48.7 Å². The lowest BCUT2D eigenvalue weighted by Crippen LogP contribution is -2.44. The summed E-state index contributed by atoms with van der Waals surface area (Å²) in [6.07, 6.45) is -0.452. The summed E-state index contributed by atoms with van der Waals surface area (Å²) in [4.78, 5) is 25.5. The second-order valence-corrected chi connectivity index (χ2v) is 6.56. The van der Waals surface area contributed by atoms with Crippen molar-refractivity contribution in [2.24, 2.45) is 0 Å². The van der Waals surface area contributed by atoms with Gasteiger partial charge in [0, 0.05) is 18.3 Å². The highest BCUT2D eigenvalue weighted by Crippen LogP contribution is 2.07. The number of carbonyl (C=O) groups excluding carboxylic acids is 2. The predicted molar refractivity (Wildman–Crippen MR) is 91.4 cm³/mol. The predicted octanol–water partition coefficient (Wildman–Crippen LogP) is 2.47. The summed E-state index contributed by atoms with van der Waals surface area (Å²) >= 11 is 0. The normalized spacial score (nSPS) is 12.6. The van der Waals surface area contributed by atoms with E-state index < -0.39 is 11.7 Å². The molecule has 128 valence electrons. The molecule has 1 aromatic carbocycles. The molecule has 0 bridgehead atoms. The van der Waals surface area contributed by atoms with Crippen LogP contribution in [-0.2, 0) is 9.53 Å². The lowest BCUT2D eigenvalue weighted by molar-refractivity contribution is -0.117. The molecule has 0 heterocycles. The van der Waals surface area contributed by atoms with Gasteiger partial charge in [0.15, 0.2) is 0 Å². The number of amides is 2. The first-order chi connectivity index (χ1) is 10.7. The van der Waals surface area contributed by atoms with Crippen molar-refractivity contribution in [2.75, 3.05) is 25.5 Å². The molecule has 2 N–H and O–H groups in total. The van der Waals surface area contributed by atoms with Gasteiger partial charge < -0.3 is 15.4 Å². The van der Waals surface area contributed by atoms with Crippen molar-refractivity contribution in [3.8, 4) is 0 Å². The molecule has 1 aromatic rings. The maximum atomic E-state index is 12.0. The maximum Gasteiger partial charge on any atom is 0.407 e. The fourth-order valence-electron chi connectivity index (χ4n) is 1.81. The van der Waals surface area contributed by atoms with E-state index in [-0.39, 0.29) is 18.5 Å². The van der Waals surface area contributed by atoms with Crippen LogP contribution >= 0.6 is 0 Å². The number of alkyl carbamates (subject to hydrolysis) is 1. The van der Waals surface area contributed by atoms with E-state index >= 15 is 0 Å². The summed E-state index contributed by atoms with van der Waals surface area (Å²) in [7, 11) is 1.84. The van der Waals surface area contributed by atoms with E-state index in [1.807, 2.05) is 70.0 Å². The number of para-hydroxylation sites is 1. The molecule has 6 nitrogen and oxygen atoms in total. The molecule has 0 saturated carbocycles. The molecule has 0 aromatic heterocycles. The Bertz CT molecular complexity index is 512. The van der Waals surface area contributed by atoms with Gasteiger partial charge in [0.05, 0.1) is 6.54 Å². The van der Waals surface area contributed by atoms with E-state index in [0.717, 1.165) is 5.69 Å². The van der Waals surface area contributed by atoms with E-state index in [2.05, 4.69) is 10.6 Å². The molecule has 6 heteroatoms. The summed E-state index contributed by atoms with van der Waals surface area (Å²) in [5, 5.41) is 5.54. The molecule has 0 fully saturated rings. The standard InChI is InChI=1S/C17H27N3O3/c1-13(11-18-16(22)23-17(2,3)4)20(5)12-15(21)19-14-9-7-6-8-10-14/h6-10,13H,11-12H2,1-5H3,(H,18,22)(H,19,21). The summed E-state index contributed by atoms with van der Waals surface area (Å²) in [6, 6.07) is 9.31. The number of rotatable bonds is 6. The lowest BCUT2D eigenvalue weighted by Gasteiger charge is -2.25. The zero-order valence-corrected chi connectivity index (χ0v) is 14.6. The third-order valence-corrected chi connectivity index (χ3v) is 3.14. The first kappa shape index (κ1) is 19.0. The Labute approximate surface area is 138 Å². The zero-order valence-electron chi connectivity index (χ0n) is 14.6. The molecule has 0 aliphatic rings. The number of hydrogen-bond acceptors (Lipinski definition) is 4. The highest BCUT2D eigenvalue weighted by atomic mass is 16.6. The van der Waals surface area contributed by atoms with E-state index in [9.17, 15) is 9.59 Å². The first-order valence-electron chi connectivity index (χ1n) is 7.69. The van der Waals surface area contributed by atoms with Gasteiger partial charge in [-0.1, -0.05) is 18.2 Å². The Morgan fingerprint density at radius 3 is 2.39 bits per heavy atom. The SMILES string of the molecule is CC(CNC(=O)OC(C)(C)C)N(C)CC(=O)Nc1ccccc1. The van der Waals surface area contributed by atoms with Gasteiger partial charge in [-0.25, -0.2) is 4.79 Å². The van der Waals surface area contributed by atoms with Gasteiger partial charge in [0.1, 0.15) is 5.60 Å². The van der Waals surface area contributed by atoms with Gasteiger partial charge in [-0.3, -0.25) is 9.69 Å². The summed E-state index contributed by atoms with van der Waals surface area (Å²) < 4.78 is 5.18. The topological polar surface area (TPSA) is 70.7 Å². The molecule has 1 atom stereocenters. The van der Waals surface area contributed by atoms with Crippen LogP contribution in [0.15, 0.2) is 30.3 Å². The summed E-state index contributed by atoms with van der Waals surface area (Å²) in [5.74, 6) is -0.0946. The Morgan fingerprint density at radius 1 is 1.22 bits per heavy atom. The minimum absolute atomic E-state index is 0.00374. The second-order valence-electron chi connectivity index (χ2n) is 6.56. The van der Waals surface area contributed by atoms with Crippen LogP contribution in [0.2, 0.25) is 0 Å². The number of likely N-dealkylation sites (N-methyl/N-ethyl adjacent to an activating group) is 1. The molecule has 0 saturated heterocycles. The van der Waals surface area contributed by atoms with Crippen molar-refractivity contribution in [3.05, 3.63) is 30.3 Å². The van der Waals surface area contributed by atoms with Crippen LogP contribution in [0.4, 0.5) is 10.5 Å². The van der Waals surface area contributed by atoms with Crippen molar-refractivity contribution in [1.82, 2.24) is 10.2 Å². The van der Waals surface area contributed by atoms with Crippen LogP contribution in [0.25, 0.3) is 0 Å². The third-order valence-electron chi connectivity index (χ3n) is 3.14. The monoisotopic (exact) mass is 321 g/mol. The van der Waals surface area contributed by atoms with Crippen LogP contribution in [0.1, 0.15) is 27.7 Å². The minimum Gasteiger partial charge on any atom is -0.444 e. The molecule has 1 unspecified atom stereocenters. The molecular weight excluding hydrogens is 294 g/mol. The van der Waals surface area contributed by atoms with Crippen LogP contribution < -0.4 is 10.6 Å². The van der Waals surface area contributed by atoms with Crippen molar-refractivity contribution in [3.63, 3.8) is 0 Å². The van der Waals surface area contributed by atoms with Gasteiger partial charge >= 0.3 is 6.09 Å². The first-order valence-corrected chi connectivity index (χ1v) is 7.69. The number of anilines is 1. The molecule has 0 aliphatic carbocycles. The van der Waals surface area contributed by atoms with Crippen LogP contribution in [0, 0.1) is 0 Å². The van der Waals surface area contributed by atoms with Crippen LogP contribution in [0.3, 0.4) is 0 Å². The Kier molecular flexibility index (Phi) is 7.03. The largest absolute Gasteiger partial charge is 0.444 e. The van der Waals surface area contributed by atoms with Gasteiger partial charge in [-0.05, 0) is 46.9 Å². The molecule has 2 amide bonds. The number of carbonyl (C=O) groups is 2. The average Bonchev–Trinajstić information content (AvgIpc) is 2.43. The smallest absolute Gasteiger partial charge is 0.407 e. The quantitative estimate of drug-likeness (QED) is 0.844. The second kappa shape index (κ2) is 8.53. The number of benzene rings is 1. The zero-order chi connectivity index (χ0) is 17.5. The molecule has 23 heavy (non-hydrogen) atoms. The molecule has 0 spiro atoms. The fourth-order valence-corrected chi connectivity index (χ4v) is 1.81. The van der Waals surface area contributed by atoms with Crippen molar-refractivity contribution >= 4 is 17.7 Å². The fraction of sp³-hybridized carbons (Fsp3) is 0.529. The lowest BCUT2D eigenvalue weighted by atomic mass is 10.2. The van der Waals surface area contributed by atoms with E-state index in [1.54, 1.807) is 0 Å². The van der Waals surface area contributed by atoms with Gasteiger partial charge in [0.2, 0.25) is 5.91 Å². The van der Waals surface area contributed by atoms with Crippen LogP contribution in [0.5, 0.6) is 0 Å².